The second kappa shape index (κ2) is 10.2. The van der Waals surface area contributed by atoms with Gasteiger partial charge >= 0.3 is 6.18 Å². The number of benzene rings is 1. The third-order valence-electron chi connectivity index (χ3n) is 8.87. The van der Waals surface area contributed by atoms with Crippen molar-refractivity contribution in [3.8, 4) is 10.6 Å². The molecular weight excluding hydrogens is 583 g/mol. The number of aromatic nitrogens is 2. The van der Waals surface area contributed by atoms with Crippen molar-refractivity contribution in [2.75, 3.05) is 37.4 Å². The number of thioether (sulfide) groups is 1. The van der Waals surface area contributed by atoms with Crippen LogP contribution < -0.4 is 5.32 Å². The summed E-state index contributed by atoms with van der Waals surface area (Å²) in [5, 5.41) is 3.30. The van der Waals surface area contributed by atoms with Gasteiger partial charge in [0, 0.05) is 48.2 Å². The Bertz CT molecular complexity index is 1560. The van der Waals surface area contributed by atoms with E-state index in [0.717, 1.165) is 61.6 Å². The third kappa shape index (κ3) is 4.99. The van der Waals surface area contributed by atoms with E-state index in [0.29, 0.717) is 46.1 Å². The number of nitrogens with one attached hydrogen (secondary N) is 1. The first-order valence-corrected chi connectivity index (χ1v) is 16.4. The van der Waals surface area contributed by atoms with Gasteiger partial charge in [0.25, 0.3) is 5.91 Å². The predicted molar refractivity (Wildman–Crippen MR) is 156 cm³/mol. The molecule has 8 rings (SSSR count). The standard InChI is InChI=1S/C30H30F3N5O2S2/c31-30(32,33)22-12-34-29(35-23-10-17-5-6-37(19-3-4-19)13-18(17)9-21(23)16-1-2-16)36-26(22)24-11-25-27(42-24)28(39)38(7-8-41-25)20-14-40-15-20/h9-12,16,19-20H,1-8,13-15H2,(H,34,35,36). The summed E-state index contributed by atoms with van der Waals surface area (Å²) < 4.78 is 47.9. The molecule has 12 heteroatoms. The van der Waals surface area contributed by atoms with Gasteiger partial charge in [-0.2, -0.15) is 13.2 Å². The number of rotatable bonds is 6. The number of halogens is 3. The maximum atomic E-state index is 14.2. The summed E-state index contributed by atoms with van der Waals surface area (Å²) in [5.74, 6) is 1.10. The maximum absolute atomic E-state index is 14.2. The Morgan fingerprint density at radius 3 is 2.57 bits per heavy atom. The largest absolute Gasteiger partial charge is 0.420 e. The lowest BCUT2D eigenvalue weighted by Gasteiger charge is -2.36. The lowest BCUT2D eigenvalue weighted by Crippen LogP contribution is -2.52. The number of nitrogens with zero attached hydrogens (tertiary/aromatic N) is 4. The lowest BCUT2D eigenvalue weighted by molar-refractivity contribution is -0.137. The fourth-order valence-corrected chi connectivity index (χ4v) is 8.50. The summed E-state index contributed by atoms with van der Waals surface area (Å²) in [6, 6.07) is 6.88. The van der Waals surface area contributed by atoms with Gasteiger partial charge in [0.05, 0.1) is 29.8 Å². The summed E-state index contributed by atoms with van der Waals surface area (Å²) in [6.07, 6.45) is 1.97. The first kappa shape index (κ1) is 26.9. The number of anilines is 2. The second-order valence-electron chi connectivity index (χ2n) is 11.9. The number of fused-ring (bicyclic) bond motifs is 2. The Labute approximate surface area is 249 Å². The minimum absolute atomic E-state index is 0.0178. The fourth-order valence-electron chi connectivity index (χ4n) is 6.18. The minimum Gasteiger partial charge on any atom is -0.377 e. The molecule has 1 N–H and O–H groups in total. The normalized spacial score (nSPS) is 21.5. The van der Waals surface area contributed by atoms with E-state index in [-0.39, 0.29) is 23.6 Å². The molecule has 0 spiro atoms. The average Bonchev–Trinajstić information content (AvgIpc) is 3.86. The van der Waals surface area contributed by atoms with Crippen LogP contribution >= 0.6 is 23.1 Å². The van der Waals surface area contributed by atoms with Crippen molar-refractivity contribution in [1.29, 1.82) is 0 Å². The van der Waals surface area contributed by atoms with Crippen molar-refractivity contribution in [3.05, 3.63) is 51.5 Å². The molecule has 2 aromatic heterocycles. The van der Waals surface area contributed by atoms with Crippen molar-refractivity contribution in [1.82, 2.24) is 19.8 Å². The van der Waals surface area contributed by atoms with E-state index < -0.39 is 11.7 Å². The maximum Gasteiger partial charge on any atom is 0.420 e. The molecule has 1 aromatic carbocycles. The van der Waals surface area contributed by atoms with Crippen LogP contribution in [-0.2, 0) is 23.9 Å². The first-order chi connectivity index (χ1) is 20.3. The number of ether oxygens (including phenoxy) is 1. The monoisotopic (exact) mass is 613 g/mol. The van der Waals surface area contributed by atoms with Gasteiger partial charge in [-0.15, -0.1) is 23.1 Å². The quantitative estimate of drug-likeness (QED) is 0.349. The van der Waals surface area contributed by atoms with E-state index in [9.17, 15) is 18.0 Å². The van der Waals surface area contributed by atoms with E-state index in [1.165, 1.54) is 41.3 Å². The van der Waals surface area contributed by atoms with Crippen molar-refractivity contribution < 1.29 is 22.7 Å². The molecule has 0 bridgehead atoms. The van der Waals surface area contributed by atoms with Crippen molar-refractivity contribution in [2.45, 2.75) is 67.7 Å². The van der Waals surface area contributed by atoms with Crippen molar-refractivity contribution >= 4 is 40.6 Å². The molecule has 3 aromatic rings. The molecule has 2 aliphatic carbocycles. The minimum atomic E-state index is -4.64. The van der Waals surface area contributed by atoms with E-state index in [4.69, 9.17) is 4.74 Å². The van der Waals surface area contributed by atoms with Crippen LogP contribution in [0.4, 0.5) is 24.8 Å². The molecule has 0 unspecified atom stereocenters. The lowest BCUT2D eigenvalue weighted by atomic mass is 9.94. The SMILES string of the molecule is O=C1c2sc(-c3nc(Nc4cc5c(cc4C4CC4)CN(C4CC4)CC5)ncc3C(F)(F)F)cc2SCCN1C1COC1. The Hall–Kier alpha value is -2.67. The molecule has 7 nitrogen and oxygen atoms in total. The molecular formula is C30H30F3N5O2S2. The molecule has 0 atom stereocenters. The molecule has 3 fully saturated rings. The van der Waals surface area contributed by atoms with E-state index in [2.05, 4.69) is 32.3 Å². The first-order valence-electron chi connectivity index (χ1n) is 14.6. The molecule has 2 saturated carbocycles. The number of hydrogen-bond acceptors (Lipinski definition) is 8. The van der Waals surface area contributed by atoms with Crippen LogP contribution in [0.25, 0.3) is 10.6 Å². The number of amides is 1. The predicted octanol–water partition coefficient (Wildman–Crippen LogP) is 6.31. The van der Waals surface area contributed by atoms with Crippen LogP contribution in [0.2, 0.25) is 0 Å². The second-order valence-corrected chi connectivity index (χ2v) is 14.0. The van der Waals surface area contributed by atoms with E-state index >= 15 is 0 Å². The van der Waals surface area contributed by atoms with Crippen LogP contribution in [0.5, 0.6) is 0 Å². The zero-order valence-corrected chi connectivity index (χ0v) is 24.5. The summed E-state index contributed by atoms with van der Waals surface area (Å²) >= 11 is 2.58. The molecule has 220 valence electrons. The van der Waals surface area contributed by atoms with Gasteiger partial charge in [-0.25, -0.2) is 9.97 Å². The smallest absolute Gasteiger partial charge is 0.377 e. The number of alkyl halides is 3. The van der Waals surface area contributed by atoms with Crippen LogP contribution in [0.15, 0.2) is 29.3 Å². The Morgan fingerprint density at radius 1 is 1.02 bits per heavy atom. The van der Waals surface area contributed by atoms with Crippen LogP contribution in [-0.4, -0.2) is 69.8 Å². The van der Waals surface area contributed by atoms with E-state index in [1.807, 2.05) is 0 Å². The number of carbonyl (C=O) groups is 1. The van der Waals surface area contributed by atoms with Gasteiger partial charge in [-0.1, -0.05) is 6.07 Å². The molecule has 5 aliphatic rings. The highest BCUT2D eigenvalue weighted by molar-refractivity contribution is 7.99. The summed E-state index contributed by atoms with van der Waals surface area (Å²) in [5.41, 5.74) is 3.62. The summed E-state index contributed by atoms with van der Waals surface area (Å²) in [7, 11) is 0. The van der Waals surface area contributed by atoms with Gasteiger partial charge in [0.15, 0.2) is 0 Å². The van der Waals surface area contributed by atoms with Crippen LogP contribution in [0.3, 0.4) is 0 Å². The summed E-state index contributed by atoms with van der Waals surface area (Å²) in [6.45, 7) is 3.57. The molecule has 42 heavy (non-hydrogen) atoms. The Balaban J connectivity index is 1.14. The molecule has 0 radical (unpaired) electrons. The highest BCUT2D eigenvalue weighted by atomic mass is 32.2. The van der Waals surface area contributed by atoms with E-state index in [1.54, 1.807) is 11.0 Å². The molecule has 5 heterocycles. The molecule has 3 aliphatic heterocycles. The van der Waals surface area contributed by atoms with Gasteiger partial charge in [-0.3, -0.25) is 9.69 Å². The van der Waals surface area contributed by atoms with Crippen LogP contribution in [0, 0.1) is 0 Å². The van der Waals surface area contributed by atoms with Gasteiger partial charge in [0.1, 0.15) is 10.4 Å². The highest BCUT2D eigenvalue weighted by Crippen LogP contribution is 2.47. The molecule has 1 saturated heterocycles. The van der Waals surface area contributed by atoms with Crippen LogP contribution in [0.1, 0.15) is 63.5 Å². The third-order valence-corrected chi connectivity index (χ3v) is 11.2. The van der Waals surface area contributed by atoms with Gasteiger partial charge in [-0.05, 0) is 66.8 Å². The van der Waals surface area contributed by atoms with Gasteiger partial charge < -0.3 is 15.0 Å². The zero-order valence-electron chi connectivity index (χ0n) is 22.9. The fraction of sp³-hybridized carbons (Fsp3) is 0.500. The van der Waals surface area contributed by atoms with Crippen molar-refractivity contribution in [2.24, 2.45) is 0 Å². The number of thiophene rings is 1. The number of hydrogen-bond donors (Lipinski definition) is 1. The summed E-state index contributed by atoms with van der Waals surface area (Å²) in [4.78, 5) is 27.8. The topological polar surface area (TPSA) is 70.6 Å². The Morgan fingerprint density at radius 2 is 1.86 bits per heavy atom. The highest BCUT2D eigenvalue weighted by Gasteiger charge is 2.39. The Kier molecular flexibility index (Phi) is 6.54. The van der Waals surface area contributed by atoms with Crippen molar-refractivity contribution in [3.63, 3.8) is 0 Å². The number of carbonyl (C=O) groups excluding carboxylic acids is 1. The van der Waals surface area contributed by atoms with Gasteiger partial charge in [0.2, 0.25) is 5.95 Å². The zero-order chi connectivity index (χ0) is 28.6. The molecule has 1 amide bonds. The average molecular weight is 614 g/mol.